The van der Waals surface area contributed by atoms with Crippen LogP contribution in [0.15, 0.2) is 23.2 Å². The monoisotopic (exact) mass is 257 g/mol. The van der Waals surface area contributed by atoms with E-state index in [0.29, 0.717) is 0 Å². The second-order valence-electron chi connectivity index (χ2n) is 4.06. The number of nitrogens with two attached hydrogens (primary N) is 1. The second-order valence-corrected chi connectivity index (χ2v) is 5.62. The lowest BCUT2D eigenvalue weighted by molar-refractivity contribution is 0.474. The highest BCUT2D eigenvalue weighted by Crippen LogP contribution is 2.21. The Morgan fingerprint density at radius 3 is 2.47 bits per heavy atom. The van der Waals surface area contributed by atoms with E-state index in [4.69, 9.17) is 5.14 Å². The number of nitrogens with one attached hydrogen (secondary N) is 1. The molecule has 0 saturated heterocycles. The van der Waals surface area contributed by atoms with Crippen LogP contribution >= 0.6 is 0 Å². The van der Waals surface area contributed by atoms with Gasteiger partial charge in [0.1, 0.15) is 4.90 Å². The average molecular weight is 257 g/mol. The van der Waals surface area contributed by atoms with Crippen molar-refractivity contribution in [3.05, 3.63) is 24.0 Å². The highest BCUT2D eigenvalue weighted by molar-refractivity contribution is 7.89. The van der Waals surface area contributed by atoms with Crippen LogP contribution in [0.4, 0.5) is 0 Å². The first kappa shape index (κ1) is 14.1. The Bertz CT molecular complexity index is 456. The summed E-state index contributed by atoms with van der Waals surface area (Å²) in [5.74, 6) is 0.259. The molecule has 17 heavy (non-hydrogen) atoms. The average Bonchev–Trinajstić information content (AvgIpc) is 2.29. The molecule has 3 N–H and O–H groups in total. The summed E-state index contributed by atoms with van der Waals surface area (Å²) in [4.78, 5) is 4.24. The molecule has 1 rings (SSSR count). The Morgan fingerprint density at radius 1 is 1.47 bits per heavy atom. The molecule has 96 valence electrons. The van der Waals surface area contributed by atoms with Crippen molar-refractivity contribution in [1.82, 2.24) is 10.3 Å². The van der Waals surface area contributed by atoms with E-state index in [1.807, 2.05) is 7.05 Å². The number of likely N-dealkylation sites (N-methyl/N-ethyl adjacent to an activating group) is 1. The molecular formula is C11H19N3O2S. The van der Waals surface area contributed by atoms with Gasteiger partial charge in [0.2, 0.25) is 10.0 Å². The van der Waals surface area contributed by atoms with Crippen molar-refractivity contribution in [2.45, 2.75) is 37.1 Å². The predicted molar refractivity (Wildman–Crippen MR) is 67.2 cm³/mol. The zero-order chi connectivity index (χ0) is 13.1. The van der Waals surface area contributed by atoms with E-state index in [-0.39, 0.29) is 16.9 Å². The Balaban J connectivity index is 3.01. The Labute approximate surface area is 102 Å². The standard InChI is InChI=1S/C11H19N3O2S/c1-4-10(8(2)13-3)11-6-5-9(7-14-11)17(12,15)16/h5-8,10,13H,4H2,1-3H3,(H2,12,15,16). The van der Waals surface area contributed by atoms with Crippen molar-refractivity contribution in [2.75, 3.05) is 7.05 Å². The molecular weight excluding hydrogens is 238 g/mol. The van der Waals surface area contributed by atoms with Crippen LogP contribution in [0.2, 0.25) is 0 Å². The fraction of sp³-hybridized carbons (Fsp3) is 0.545. The Kier molecular flexibility index (Phi) is 4.62. The third-order valence-electron chi connectivity index (χ3n) is 2.97. The first-order chi connectivity index (χ1) is 7.90. The number of primary sulfonamides is 1. The summed E-state index contributed by atoms with van der Waals surface area (Å²) in [5, 5.41) is 8.20. The van der Waals surface area contributed by atoms with Gasteiger partial charge < -0.3 is 5.32 Å². The molecule has 0 aliphatic rings. The summed E-state index contributed by atoms with van der Waals surface area (Å²) in [6.07, 6.45) is 2.25. The van der Waals surface area contributed by atoms with Crippen LogP contribution < -0.4 is 10.5 Å². The van der Waals surface area contributed by atoms with Crippen molar-refractivity contribution >= 4 is 10.0 Å². The zero-order valence-electron chi connectivity index (χ0n) is 10.3. The van der Waals surface area contributed by atoms with E-state index in [0.717, 1.165) is 12.1 Å². The van der Waals surface area contributed by atoms with Gasteiger partial charge in [-0.1, -0.05) is 6.92 Å². The highest BCUT2D eigenvalue weighted by atomic mass is 32.2. The first-order valence-electron chi connectivity index (χ1n) is 5.56. The summed E-state index contributed by atoms with van der Waals surface area (Å²) in [5.41, 5.74) is 0.877. The lowest BCUT2D eigenvalue weighted by atomic mass is 9.94. The van der Waals surface area contributed by atoms with E-state index < -0.39 is 10.0 Å². The largest absolute Gasteiger partial charge is 0.317 e. The SMILES string of the molecule is CCC(c1ccc(S(N)(=O)=O)cn1)C(C)NC. The predicted octanol–water partition coefficient (Wildman–Crippen LogP) is 0.831. The van der Waals surface area contributed by atoms with Crippen LogP contribution in [0.25, 0.3) is 0 Å². The van der Waals surface area contributed by atoms with Crippen LogP contribution in [-0.4, -0.2) is 26.5 Å². The number of hydrogen-bond acceptors (Lipinski definition) is 4. The fourth-order valence-corrected chi connectivity index (χ4v) is 2.26. The van der Waals surface area contributed by atoms with E-state index >= 15 is 0 Å². The Morgan fingerprint density at radius 2 is 2.12 bits per heavy atom. The van der Waals surface area contributed by atoms with Crippen molar-refractivity contribution in [2.24, 2.45) is 5.14 Å². The molecule has 0 spiro atoms. The van der Waals surface area contributed by atoms with Crippen molar-refractivity contribution in [1.29, 1.82) is 0 Å². The number of aromatic nitrogens is 1. The van der Waals surface area contributed by atoms with Gasteiger partial charge in [-0.25, -0.2) is 13.6 Å². The van der Waals surface area contributed by atoms with Gasteiger partial charge in [-0.2, -0.15) is 0 Å². The molecule has 0 saturated carbocycles. The topological polar surface area (TPSA) is 85.1 Å². The smallest absolute Gasteiger partial charge is 0.239 e. The Hall–Kier alpha value is -0.980. The summed E-state index contributed by atoms with van der Waals surface area (Å²) >= 11 is 0. The van der Waals surface area contributed by atoms with Crippen molar-refractivity contribution < 1.29 is 8.42 Å². The molecule has 0 aliphatic heterocycles. The quantitative estimate of drug-likeness (QED) is 0.818. The van der Waals surface area contributed by atoms with Gasteiger partial charge in [-0.3, -0.25) is 4.98 Å². The molecule has 2 atom stereocenters. The lowest BCUT2D eigenvalue weighted by Crippen LogP contribution is -2.29. The molecule has 0 aliphatic carbocycles. The van der Waals surface area contributed by atoms with Crippen LogP contribution in [0.1, 0.15) is 31.9 Å². The van der Waals surface area contributed by atoms with Crippen LogP contribution in [0, 0.1) is 0 Å². The summed E-state index contributed by atoms with van der Waals surface area (Å²) < 4.78 is 22.2. The number of rotatable bonds is 5. The van der Waals surface area contributed by atoms with Gasteiger partial charge in [-0.15, -0.1) is 0 Å². The molecule has 0 aromatic carbocycles. The summed E-state index contributed by atoms with van der Waals surface area (Å²) in [6.45, 7) is 4.15. The van der Waals surface area contributed by atoms with Crippen LogP contribution in [-0.2, 0) is 10.0 Å². The molecule has 0 amide bonds. The number of nitrogens with zero attached hydrogens (tertiary/aromatic N) is 1. The van der Waals surface area contributed by atoms with Gasteiger partial charge in [-0.05, 0) is 32.5 Å². The van der Waals surface area contributed by atoms with Gasteiger partial charge in [0, 0.05) is 23.9 Å². The third kappa shape index (κ3) is 3.49. The van der Waals surface area contributed by atoms with Crippen molar-refractivity contribution in [3.63, 3.8) is 0 Å². The lowest BCUT2D eigenvalue weighted by Gasteiger charge is -2.21. The second kappa shape index (κ2) is 5.57. The molecule has 1 aromatic heterocycles. The minimum atomic E-state index is -3.66. The molecule has 5 nitrogen and oxygen atoms in total. The minimum absolute atomic E-state index is 0.0493. The third-order valence-corrected chi connectivity index (χ3v) is 3.86. The number of pyridine rings is 1. The molecule has 2 unspecified atom stereocenters. The van der Waals surface area contributed by atoms with Crippen molar-refractivity contribution in [3.8, 4) is 0 Å². The van der Waals surface area contributed by atoms with E-state index in [2.05, 4.69) is 24.1 Å². The zero-order valence-corrected chi connectivity index (χ0v) is 11.2. The molecule has 0 radical (unpaired) electrons. The first-order valence-corrected chi connectivity index (χ1v) is 7.10. The molecule has 0 bridgehead atoms. The minimum Gasteiger partial charge on any atom is -0.317 e. The van der Waals surface area contributed by atoms with Gasteiger partial charge in [0.05, 0.1) is 0 Å². The fourth-order valence-electron chi connectivity index (χ4n) is 1.80. The molecule has 1 heterocycles. The van der Waals surface area contributed by atoms with Gasteiger partial charge >= 0.3 is 0 Å². The maximum absolute atomic E-state index is 11.1. The number of hydrogen-bond donors (Lipinski definition) is 2. The van der Waals surface area contributed by atoms with Gasteiger partial charge in [0.25, 0.3) is 0 Å². The highest BCUT2D eigenvalue weighted by Gasteiger charge is 2.18. The maximum atomic E-state index is 11.1. The molecule has 0 fully saturated rings. The van der Waals surface area contributed by atoms with Gasteiger partial charge in [0.15, 0.2) is 0 Å². The summed E-state index contributed by atoms with van der Waals surface area (Å²) in [7, 11) is -1.76. The van der Waals surface area contributed by atoms with E-state index in [1.165, 1.54) is 12.3 Å². The van der Waals surface area contributed by atoms with E-state index in [9.17, 15) is 8.42 Å². The summed E-state index contributed by atoms with van der Waals surface area (Å²) in [6, 6.07) is 3.51. The maximum Gasteiger partial charge on any atom is 0.239 e. The number of sulfonamides is 1. The van der Waals surface area contributed by atoms with Crippen LogP contribution in [0.5, 0.6) is 0 Å². The molecule has 1 aromatic rings. The molecule has 6 heteroatoms. The van der Waals surface area contributed by atoms with E-state index in [1.54, 1.807) is 6.07 Å². The van der Waals surface area contributed by atoms with Crippen LogP contribution in [0.3, 0.4) is 0 Å². The normalized spacial score (nSPS) is 15.5.